The largest absolute Gasteiger partial charge is 0.380 e. The van der Waals surface area contributed by atoms with Crippen LogP contribution in [-0.4, -0.2) is 37.2 Å². The van der Waals surface area contributed by atoms with Crippen molar-refractivity contribution in [2.45, 2.75) is 50.6 Å². The van der Waals surface area contributed by atoms with Gasteiger partial charge in [-0.3, -0.25) is 4.99 Å². The molecule has 1 aliphatic rings. The zero-order valence-electron chi connectivity index (χ0n) is 14.8. The first-order chi connectivity index (χ1) is 11.7. The Balaban J connectivity index is 1.85. The van der Waals surface area contributed by atoms with Crippen LogP contribution >= 0.6 is 11.8 Å². The van der Waals surface area contributed by atoms with E-state index in [1.807, 2.05) is 17.8 Å². The van der Waals surface area contributed by atoms with Gasteiger partial charge >= 0.3 is 0 Å². The van der Waals surface area contributed by atoms with Gasteiger partial charge in [0, 0.05) is 37.6 Å². The fraction of sp³-hybridized carbons (Fsp3) is 0.611. The van der Waals surface area contributed by atoms with Gasteiger partial charge in [0.2, 0.25) is 0 Å². The summed E-state index contributed by atoms with van der Waals surface area (Å²) in [5.74, 6) is 1.76. The second-order valence-electron chi connectivity index (χ2n) is 6.02. The molecular formula is C18H28FN3OS. The van der Waals surface area contributed by atoms with Crippen LogP contribution < -0.4 is 10.6 Å². The third-order valence-electron chi connectivity index (χ3n) is 4.22. The maximum Gasteiger partial charge on any atom is 0.191 e. The van der Waals surface area contributed by atoms with Gasteiger partial charge in [-0.2, -0.15) is 11.8 Å². The maximum atomic E-state index is 13.7. The Hall–Kier alpha value is -1.27. The number of halogens is 1. The predicted molar refractivity (Wildman–Crippen MR) is 100 cm³/mol. The number of hydrogen-bond acceptors (Lipinski definition) is 3. The number of benzene rings is 1. The molecule has 1 fully saturated rings. The maximum absolute atomic E-state index is 13.7. The Kier molecular flexibility index (Phi) is 7.85. The Bertz CT molecular complexity index is 553. The molecule has 134 valence electrons. The van der Waals surface area contributed by atoms with Crippen molar-refractivity contribution >= 4 is 17.7 Å². The molecule has 2 atom stereocenters. The Morgan fingerprint density at radius 3 is 2.96 bits per heavy atom. The zero-order valence-corrected chi connectivity index (χ0v) is 15.6. The van der Waals surface area contributed by atoms with Gasteiger partial charge in [0.05, 0.1) is 6.61 Å². The number of methoxy groups -OCH3 is 1. The Labute approximate surface area is 148 Å². The normalized spacial score (nSPS) is 21.1. The third-order valence-corrected chi connectivity index (χ3v) is 5.45. The third kappa shape index (κ3) is 5.67. The number of aliphatic imine (C=N–C) groups is 1. The molecular weight excluding hydrogens is 325 g/mol. The van der Waals surface area contributed by atoms with Crippen molar-refractivity contribution in [2.75, 3.05) is 19.9 Å². The highest BCUT2D eigenvalue weighted by molar-refractivity contribution is 7.99. The molecule has 0 aromatic heterocycles. The van der Waals surface area contributed by atoms with Crippen LogP contribution in [0.4, 0.5) is 4.39 Å². The SMILES string of the molecule is CCSC1CCC(NC(=NC)NCc2ccc(F)c(COC)c2)C1. The first-order valence-corrected chi connectivity index (χ1v) is 9.56. The van der Waals surface area contributed by atoms with Gasteiger partial charge < -0.3 is 15.4 Å². The van der Waals surface area contributed by atoms with Crippen LogP contribution in [0.3, 0.4) is 0 Å². The molecule has 24 heavy (non-hydrogen) atoms. The number of nitrogens with one attached hydrogen (secondary N) is 2. The Morgan fingerprint density at radius 2 is 2.25 bits per heavy atom. The minimum atomic E-state index is -0.228. The minimum absolute atomic E-state index is 0.228. The molecule has 0 aliphatic heterocycles. The van der Waals surface area contributed by atoms with Crippen molar-refractivity contribution in [3.63, 3.8) is 0 Å². The molecule has 1 aromatic carbocycles. The summed E-state index contributed by atoms with van der Waals surface area (Å²) >= 11 is 2.05. The van der Waals surface area contributed by atoms with Crippen LogP contribution in [-0.2, 0) is 17.9 Å². The predicted octanol–water partition coefficient (Wildman–Crippen LogP) is 3.31. The van der Waals surface area contributed by atoms with Gasteiger partial charge in [0.15, 0.2) is 5.96 Å². The molecule has 0 bridgehead atoms. The van der Waals surface area contributed by atoms with Gasteiger partial charge in [-0.15, -0.1) is 0 Å². The number of thioether (sulfide) groups is 1. The Morgan fingerprint density at radius 1 is 1.42 bits per heavy atom. The first kappa shape index (κ1) is 19.1. The van der Waals surface area contributed by atoms with E-state index < -0.39 is 0 Å². The van der Waals surface area contributed by atoms with E-state index in [2.05, 4.69) is 22.5 Å². The van der Waals surface area contributed by atoms with E-state index in [4.69, 9.17) is 4.74 Å². The summed E-state index contributed by atoms with van der Waals surface area (Å²) in [5, 5.41) is 7.58. The fourth-order valence-electron chi connectivity index (χ4n) is 3.04. The number of ether oxygens (including phenoxy) is 1. The van der Waals surface area contributed by atoms with E-state index in [0.717, 1.165) is 16.8 Å². The van der Waals surface area contributed by atoms with Crippen LogP contribution in [0.2, 0.25) is 0 Å². The number of guanidine groups is 1. The molecule has 0 heterocycles. The molecule has 0 radical (unpaired) electrons. The molecule has 2 N–H and O–H groups in total. The minimum Gasteiger partial charge on any atom is -0.380 e. The molecule has 0 spiro atoms. The zero-order chi connectivity index (χ0) is 17.4. The lowest BCUT2D eigenvalue weighted by molar-refractivity contribution is 0.181. The van der Waals surface area contributed by atoms with Crippen molar-refractivity contribution in [1.82, 2.24) is 10.6 Å². The molecule has 1 saturated carbocycles. The summed E-state index contributed by atoms with van der Waals surface area (Å²) in [5.41, 5.74) is 1.59. The summed E-state index contributed by atoms with van der Waals surface area (Å²) < 4.78 is 18.7. The average Bonchev–Trinajstić information content (AvgIpc) is 3.02. The van der Waals surface area contributed by atoms with Crippen molar-refractivity contribution in [2.24, 2.45) is 4.99 Å². The molecule has 0 saturated heterocycles. The fourth-order valence-corrected chi connectivity index (χ4v) is 4.18. The van der Waals surface area contributed by atoms with E-state index in [1.54, 1.807) is 20.2 Å². The number of nitrogens with zero attached hydrogens (tertiary/aromatic N) is 1. The van der Waals surface area contributed by atoms with E-state index >= 15 is 0 Å². The monoisotopic (exact) mass is 353 g/mol. The van der Waals surface area contributed by atoms with E-state index in [1.165, 1.54) is 31.1 Å². The van der Waals surface area contributed by atoms with Gasteiger partial charge in [-0.05, 0) is 42.7 Å². The first-order valence-electron chi connectivity index (χ1n) is 8.51. The second-order valence-corrected chi connectivity index (χ2v) is 7.59. The summed E-state index contributed by atoms with van der Waals surface area (Å²) in [6.45, 7) is 3.11. The smallest absolute Gasteiger partial charge is 0.191 e. The van der Waals surface area contributed by atoms with Gasteiger partial charge in [0.25, 0.3) is 0 Å². The van der Waals surface area contributed by atoms with Crippen molar-refractivity contribution in [1.29, 1.82) is 0 Å². The lowest BCUT2D eigenvalue weighted by Gasteiger charge is -2.18. The summed E-state index contributed by atoms with van der Waals surface area (Å²) in [6, 6.07) is 5.60. The number of rotatable bonds is 7. The molecule has 1 aliphatic carbocycles. The van der Waals surface area contributed by atoms with E-state index in [9.17, 15) is 4.39 Å². The summed E-state index contributed by atoms with van der Waals surface area (Å²) in [6.07, 6.45) is 3.64. The quantitative estimate of drug-likeness (QED) is 0.583. The molecule has 1 aromatic rings. The van der Waals surface area contributed by atoms with Crippen molar-refractivity contribution in [3.8, 4) is 0 Å². The van der Waals surface area contributed by atoms with E-state index in [0.29, 0.717) is 18.2 Å². The van der Waals surface area contributed by atoms with Gasteiger partial charge in [-0.25, -0.2) is 4.39 Å². The summed E-state index contributed by atoms with van der Waals surface area (Å²) in [4.78, 5) is 4.30. The lowest BCUT2D eigenvalue weighted by Crippen LogP contribution is -2.42. The molecule has 2 rings (SSSR count). The topological polar surface area (TPSA) is 45.7 Å². The summed E-state index contributed by atoms with van der Waals surface area (Å²) in [7, 11) is 3.35. The second kappa shape index (κ2) is 9.89. The molecule has 0 amide bonds. The molecule has 2 unspecified atom stereocenters. The highest BCUT2D eigenvalue weighted by atomic mass is 32.2. The van der Waals surface area contributed by atoms with Crippen LogP contribution in [0.5, 0.6) is 0 Å². The highest BCUT2D eigenvalue weighted by Gasteiger charge is 2.25. The highest BCUT2D eigenvalue weighted by Crippen LogP contribution is 2.29. The average molecular weight is 354 g/mol. The van der Waals surface area contributed by atoms with Crippen molar-refractivity contribution < 1.29 is 9.13 Å². The van der Waals surface area contributed by atoms with Crippen molar-refractivity contribution in [3.05, 3.63) is 35.1 Å². The van der Waals surface area contributed by atoms with E-state index in [-0.39, 0.29) is 12.4 Å². The van der Waals surface area contributed by atoms with Gasteiger partial charge in [0.1, 0.15) is 5.82 Å². The van der Waals surface area contributed by atoms with Crippen LogP contribution in [0.1, 0.15) is 37.3 Å². The number of hydrogen-bond donors (Lipinski definition) is 2. The van der Waals surface area contributed by atoms with Crippen LogP contribution in [0.15, 0.2) is 23.2 Å². The van der Waals surface area contributed by atoms with Crippen LogP contribution in [0, 0.1) is 5.82 Å². The van der Waals surface area contributed by atoms with Crippen LogP contribution in [0.25, 0.3) is 0 Å². The van der Waals surface area contributed by atoms with Gasteiger partial charge in [-0.1, -0.05) is 13.0 Å². The molecule has 6 heteroatoms. The molecule has 4 nitrogen and oxygen atoms in total. The standard InChI is InChI=1S/C18H28FN3OS/c1-4-24-16-7-6-15(10-16)22-18(20-2)21-11-13-5-8-17(19)14(9-13)12-23-3/h5,8-9,15-16H,4,6-7,10-12H2,1-3H3,(H2,20,21,22). The lowest BCUT2D eigenvalue weighted by atomic mass is 10.1.